The molecule has 3 N–H and O–H groups in total. The van der Waals surface area contributed by atoms with Crippen molar-refractivity contribution in [3.63, 3.8) is 0 Å². The molecule has 2 rings (SSSR count). The summed E-state index contributed by atoms with van der Waals surface area (Å²) >= 11 is 0. The van der Waals surface area contributed by atoms with Crippen molar-refractivity contribution in [2.24, 2.45) is 0 Å². The summed E-state index contributed by atoms with van der Waals surface area (Å²) in [6.45, 7) is 2.86. The zero-order chi connectivity index (χ0) is 22.3. The number of aromatic nitrogens is 2. The lowest BCUT2D eigenvalue weighted by molar-refractivity contribution is -0.162. The number of aliphatic carboxylic acids is 1. The van der Waals surface area contributed by atoms with E-state index in [0.29, 0.717) is 12.8 Å². The van der Waals surface area contributed by atoms with Crippen LogP contribution in [0.3, 0.4) is 0 Å². The predicted molar refractivity (Wildman–Crippen MR) is 106 cm³/mol. The molecular formula is C19H28N4O7. The van der Waals surface area contributed by atoms with E-state index in [0.717, 1.165) is 11.0 Å². The molecular weight excluding hydrogens is 396 g/mol. The molecule has 11 heteroatoms. The monoisotopic (exact) mass is 424 g/mol. The Bertz CT molecular complexity index is 899. The van der Waals surface area contributed by atoms with Crippen molar-refractivity contribution in [2.75, 3.05) is 19.7 Å². The van der Waals surface area contributed by atoms with E-state index in [9.17, 15) is 29.1 Å². The molecule has 0 saturated heterocycles. The molecule has 1 heterocycles. The SMILES string of the molecule is CCOC(=O)NCCN(C(=O)Cn1cc(C)c(=O)[nH]c1=O)C1(C(=O)O)CCCCC1. The van der Waals surface area contributed by atoms with Crippen LogP contribution in [-0.2, 0) is 20.9 Å². The fraction of sp³-hybridized carbons (Fsp3) is 0.632. The number of amides is 2. The van der Waals surface area contributed by atoms with Gasteiger partial charge < -0.3 is 20.1 Å². The lowest BCUT2D eigenvalue weighted by Crippen LogP contribution is -2.60. The van der Waals surface area contributed by atoms with Crippen LogP contribution in [0.2, 0.25) is 0 Å². The number of hydrogen-bond acceptors (Lipinski definition) is 6. The third-order valence-electron chi connectivity index (χ3n) is 5.27. The minimum absolute atomic E-state index is 0.000841. The first-order valence-corrected chi connectivity index (χ1v) is 9.96. The molecule has 166 valence electrons. The molecule has 2 amide bonds. The van der Waals surface area contributed by atoms with Crippen LogP contribution >= 0.6 is 0 Å². The second-order valence-corrected chi connectivity index (χ2v) is 7.29. The molecule has 0 radical (unpaired) electrons. The van der Waals surface area contributed by atoms with Gasteiger partial charge in [0.25, 0.3) is 5.56 Å². The van der Waals surface area contributed by atoms with E-state index in [2.05, 4.69) is 10.3 Å². The number of carboxylic acids is 1. The number of nitrogens with one attached hydrogen (secondary N) is 2. The van der Waals surface area contributed by atoms with E-state index in [-0.39, 0.29) is 38.1 Å². The Hall–Kier alpha value is -3.11. The Kier molecular flexibility index (Phi) is 7.79. The van der Waals surface area contributed by atoms with Crippen LogP contribution in [-0.4, -0.2) is 62.8 Å². The van der Waals surface area contributed by atoms with E-state index in [1.807, 2.05) is 0 Å². The largest absolute Gasteiger partial charge is 0.479 e. The van der Waals surface area contributed by atoms with Crippen LogP contribution in [0, 0.1) is 6.92 Å². The van der Waals surface area contributed by atoms with Crippen LogP contribution in [0.1, 0.15) is 44.6 Å². The molecule has 1 saturated carbocycles. The van der Waals surface area contributed by atoms with Gasteiger partial charge in [0.15, 0.2) is 0 Å². The number of ether oxygens (including phenoxy) is 1. The van der Waals surface area contributed by atoms with Crippen molar-refractivity contribution >= 4 is 18.0 Å². The molecule has 0 aliphatic heterocycles. The molecule has 0 atom stereocenters. The first kappa shape index (κ1) is 23.2. The summed E-state index contributed by atoms with van der Waals surface area (Å²) in [5.74, 6) is -1.70. The van der Waals surface area contributed by atoms with Crippen molar-refractivity contribution < 1.29 is 24.2 Å². The van der Waals surface area contributed by atoms with Crippen LogP contribution in [0.5, 0.6) is 0 Å². The minimum Gasteiger partial charge on any atom is -0.479 e. The number of alkyl carbamates (subject to hydrolysis) is 1. The van der Waals surface area contributed by atoms with Crippen molar-refractivity contribution in [2.45, 2.75) is 58.0 Å². The van der Waals surface area contributed by atoms with Crippen LogP contribution < -0.4 is 16.6 Å². The average Bonchev–Trinajstić information content (AvgIpc) is 2.70. The highest BCUT2D eigenvalue weighted by atomic mass is 16.5. The molecule has 1 aliphatic carbocycles. The van der Waals surface area contributed by atoms with Gasteiger partial charge in [-0.3, -0.25) is 19.1 Å². The maximum absolute atomic E-state index is 13.1. The van der Waals surface area contributed by atoms with Crippen molar-refractivity contribution in [1.82, 2.24) is 19.8 Å². The van der Waals surface area contributed by atoms with Crippen molar-refractivity contribution in [3.05, 3.63) is 32.6 Å². The number of rotatable bonds is 8. The van der Waals surface area contributed by atoms with E-state index in [1.165, 1.54) is 18.0 Å². The topological polar surface area (TPSA) is 151 Å². The number of H-pyrrole nitrogens is 1. The predicted octanol–water partition coefficient (Wildman–Crippen LogP) is 0.207. The number of aryl methyl sites for hydroxylation is 1. The zero-order valence-electron chi connectivity index (χ0n) is 17.2. The van der Waals surface area contributed by atoms with E-state index in [1.54, 1.807) is 6.92 Å². The van der Waals surface area contributed by atoms with Crippen LogP contribution in [0.4, 0.5) is 4.79 Å². The van der Waals surface area contributed by atoms with Crippen LogP contribution in [0.25, 0.3) is 0 Å². The van der Waals surface area contributed by atoms with Gasteiger partial charge in [-0.05, 0) is 26.7 Å². The molecule has 0 unspecified atom stereocenters. The fourth-order valence-corrected chi connectivity index (χ4v) is 3.73. The zero-order valence-corrected chi connectivity index (χ0v) is 17.2. The smallest absolute Gasteiger partial charge is 0.407 e. The highest BCUT2D eigenvalue weighted by Crippen LogP contribution is 2.34. The third kappa shape index (κ3) is 5.28. The lowest BCUT2D eigenvalue weighted by atomic mass is 9.80. The van der Waals surface area contributed by atoms with Gasteiger partial charge >= 0.3 is 17.8 Å². The van der Waals surface area contributed by atoms with Crippen LogP contribution in [0.15, 0.2) is 15.8 Å². The Morgan fingerprint density at radius 1 is 1.27 bits per heavy atom. The molecule has 0 bridgehead atoms. The molecule has 1 fully saturated rings. The van der Waals surface area contributed by atoms with E-state index < -0.39 is 41.3 Å². The van der Waals surface area contributed by atoms with Gasteiger partial charge in [-0.25, -0.2) is 14.4 Å². The highest BCUT2D eigenvalue weighted by molar-refractivity contribution is 5.87. The summed E-state index contributed by atoms with van der Waals surface area (Å²) in [5.41, 5.74) is -2.46. The summed E-state index contributed by atoms with van der Waals surface area (Å²) in [7, 11) is 0. The molecule has 1 aromatic rings. The Morgan fingerprint density at radius 3 is 2.53 bits per heavy atom. The van der Waals surface area contributed by atoms with E-state index >= 15 is 0 Å². The number of hydrogen-bond donors (Lipinski definition) is 3. The Morgan fingerprint density at radius 2 is 1.93 bits per heavy atom. The lowest BCUT2D eigenvalue weighted by Gasteiger charge is -2.43. The minimum atomic E-state index is -1.41. The maximum atomic E-state index is 13.1. The standard InChI is InChI=1S/C19H28N4O7/c1-3-30-18(29)20-9-10-23(19(16(26)27)7-5-4-6-8-19)14(24)12-22-11-13(2)15(25)21-17(22)28/h11H,3-10,12H2,1-2H3,(H,20,29)(H,26,27)(H,21,25,28). The Balaban J connectivity index is 2.29. The van der Waals surface area contributed by atoms with Gasteiger partial charge in [-0.1, -0.05) is 19.3 Å². The number of aromatic amines is 1. The van der Waals surface area contributed by atoms with Crippen molar-refractivity contribution in [3.8, 4) is 0 Å². The normalized spacial score (nSPS) is 15.3. The van der Waals surface area contributed by atoms with Crippen molar-refractivity contribution in [1.29, 1.82) is 0 Å². The number of carbonyl (C=O) groups is 3. The second kappa shape index (κ2) is 10.1. The second-order valence-electron chi connectivity index (χ2n) is 7.29. The molecule has 0 aromatic carbocycles. The van der Waals surface area contributed by atoms with Gasteiger partial charge in [0, 0.05) is 24.8 Å². The summed E-state index contributed by atoms with van der Waals surface area (Å²) in [5, 5.41) is 12.5. The Labute approximate surface area is 173 Å². The quantitative estimate of drug-likeness (QED) is 0.539. The third-order valence-corrected chi connectivity index (χ3v) is 5.27. The fourth-order valence-electron chi connectivity index (χ4n) is 3.73. The molecule has 1 aromatic heterocycles. The average molecular weight is 424 g/mol. The van der Waals surface area contributed by atoms with Gasteiger partial charge in [0.05, 0.1) is 6.61 Å². The highest BCUT2D eigenvalue weighted by Gasteiger charge is 2.47. The molecule has 30 heavy (non-hydrogen) atoms. The first-order valence-electron chi connectivity index (χ1n) is 9.96. The van der Waals surface area contributed by atoms with Gasteiger partial charge in [0.1, 0.15) is 12.1 Å². The van der Waals surface area contributed by atoms with E-state index in [4.69, 9.17) is 4.74 Å². The molecule has 1 aliphatic rings. The summed E-state index contributed by atoms with van der Waals surface area (Å²) < 4.78 is 5.83. The molecule has 0 spiro atoms. The summed E-state index contributed by atoms with van der Waals surface area (Å²) in [6, 6.07) is 0. The van der Waals surface area contributed by atoms with Gasteiger partial charge in [0.2, 0.25) is 5.91 Å². The summed E-state index contributed by atoms with van der Waals surface area (Å²) in [6.07, 6.45) is 3.35. The van der Waals surface area contributed by atoms with Gasteiger partial charge in [-0.2, -0.15) is 0 Å². The number of carboxylic acid groups (broad SMARTS) is 1. The van der Waals surface area contributed by atoms with Gasteiger partial charge in [-0.15, -0.1) is 0 Å². The first-order chi connectivity index (χ1) is 14.2. The maximum Gasteiger partial charge on any atom is 0.407 e. The molecule has 11 nitrogen and oxygen atoms in total. The number of nitrogens with zero attached hydrogens (tertiary/aromatic N) is 2. The summed E-state index contributed by atoms with van der Waals surface area (Å²) in [4.78, 5) is 63.9. The number of carbonyl (C=O) groups excluding carboxylic acids is 2.